The van der Waals surface area contributed by atoms with Crippen molar-refractivity contribution in [2.24, 2.45) is 0 Å². The van der Waals surface area contributed by atoms with Gasteiger partial charge < -0.3 is 5.32 Å². The van der Waals surface area contributed by atoms with Crippen molar-refractivity contribution in [3.63, 3.8) is 0 Å². The maximum atomic E-state index is 13.1. The van der Waals surface area contributed by atoms with Crippen molar-refractivity contribution in [3.8, 4) is 17.1 Å². The molecule has 5 aromatic rings. The first-order valence-electron chi connectivity index (χ1n) is 11.2. The molecule has 0 aliphatic heterocycles. The molecule has 7 heteroatoms. The first kappa shape index (κ1) is 22.6. The van der Waals surface area contributed by atoms with Gasteiger partial charge in [0.05, 0.1) is 11.8 Å². The van der Waals surface area contributed by atoms with Crippen LogP contribution in [0.5, 0.6) is 0 Å². The SMILES string of the molecule is O=C(CSc1nnc(-c2cccnc2)n1-c1ccccc1)NC(c1ccccc1)c1ccccc1. The van der Waals surface area contributed by atoms with E-state index in [1.807, 2.05) is 108 Å². The molecule has 1 N–H and O–H groups in total. The molecule has 0 saturated heterocycles. The maximum absolute atomic E-state index is 13.1. The Morgan fingerprint density at radius 3 is 2.03 bits per heavy atom. The van der Waals surface area contributed by atoms with Gasteiger partial charge in [0.1, 0.15) is 0 Å². The number of para-hydroxylation sites is 1. The van der Waals surface area contributed by atoms with Crippen molar-refractivity contribution >= 4 is 17.7 Å². The predicted octanol–water partition coefficient (Wildman–Crippen LogP) is 5.33. The summed E-state index contributed by atoms with van der Waals surface area (Å²) in [6.45, 7) is 0. The van der Waals surface area contributed by atoms with Crippen molar-refractivity contribution in [1.29, 1.82) is 0 Å². The lowest BCUT2D eigenvalue weighted by atomic mass is 9.99. The van der Waals surface area contributed by atoms with E-state index in [-0.39, 0.29) is 17.7 Å². The smallest absolute Gasteiger partial charge is 0.231 e. The number of hydrogen-bond acceptors (Lipinski definition) is 5. The number of carbonyl (C=O) groups is 1. The zero-order valence-corrected chi connectivity index (χ0v) is 19.7. The Kier molecular flexibility index (Phi) is 6.96. The number of benzene rings is 3. The first-order valence-corrected chi connectivity index (χ1v) is 12.2. The highest BCUT2D eigenvalue weighted by atomic mass is 32.2. The van der Waals surface area contributed by atoms with Crippen LogP contribution in [0.15, 0.2) is 121 Å². The van der Waals surface area contributed by atoms with E-state index in [0.29, 0.717) is 11.0 Å². The molecular weight excluding hydrogens is 454 g/mol. The van der Waals surface area contributed by atoms with Crippen molar-refractivity contribution < 1.29 is 4.79 Å². The molecule has 0 radical (unpaired) electrons. The zero-order chi connectivity index (χ0) is 23.9. The number of nitrogens with zero attached hydrogens (tertiary/aromatic N) is 4. The van der Waals surface area contributed by atoms with Crippen molar-refractivity contribution in [2.45, 2.75) is 11.2 Å². The fourth-order valence-electron chi connectivity index (χ4n) is 3.84. The minimum atomic E-state index is -0.233. The number of amides is 1. The number of aromatic nitrogens is 4. The molecule has 0 spiro atoms. The summed E-state index contributed by atoms with van der Waals surface area (Å²) in [5.74, 6) is 0.797. The molecule has 0 fully saturated rings. The van der Waals surface area contributed by atoms with Gasteiger partial charge in [-0.1, -0.05) is 90.6 Å². The number of hydrogen-bond donors (Lipinski definition) is 1. The summed E-state index contributed by atoms with van der Waals surface area (Å²) in [5, 5.41) is 12.7. The number of nitrogens with one attached hydrogen (secondary N) is 1. The van der Waals surface area contributed by atoms with Gasteiger partial charge in [0.25, 0.3) is 0 Å². The van der Waals surface area contributed by atoms with Crippen LogP contribution in [0.4, 0.5) is 0 Å². The average Bonchev–Trinajstić information content (AvgIpc) is 3.36. The van der Waals surface area contributed by atoms with Crippen molar-refractivity contribution in [1.82, 2.24) is 25.1 Å². The summed E-state index contributed by atoms with van der Waals surface area (Å²) < 4.78 is 1.96. The third kappa shape index (κ3) is 5.31. The topological polar surface area (TPSA) is 72.7 Å². The third-order valence-corrected chi connectivity index (χ3v) is 6.40. The number of pyridine rings is 1. The van der Waals surface area contributed by atoms with Crippen LogP contribution in [0.2, 0.25) is 0 Å². The van der Waals surface area contributed by atoms with Gasteiger partial charge in [0, 0.05) is 23.6 Å². The molecule has 2 aromatic heterocycles. The molecule has 0 bridgehead atoms. The van der Waals surface area contributed by atoms with Gasteiger partial charge in [0.2, 0.25) is 5.91 Å². The molecule has 0 aliphatic carbocycles. The van der Waals surface area contributed by atoms with Crippen LogP contribution in [0.1, 0.15) is 17.2 Å². The van der Waals surface area contributed by atoms with E-state index in [4.69, 9.17) is 0 Å². The number of carbonyl (C=O) groups excluding carboxylic acids is 1. The standard InChI is InChI=1S/C28H23N5OS/c34-25(30-26(21-11-4-1-5-12-21)22-13-6-2-7-14-22)20-35-28-32-31-27(23-15-10-18-29-19-23)33(28)24-16-8-3-9-17-24/h1-19,26H,20H2,(H,30,34). The van der Waals surface area contributed by atoms with Gasteiger partial charge in [-0.3, -0.25) is 14.3 Å². The molecule has 2 heterocycles. The van der Waals surface area contributed by atoms with E-state index >= 15 is 0 Å². The van der Waals surface area contributed by atoms with Gasteiger partial charge in [-0.2, -0.15) is 0 Å². The Bertz CT molecular complexity index is 1340. The minimum Gasteiger partial charge on any atom is -0.344 e. The normalized spacial score (nSPS) is 10.9. The van der Waals surface area contributed by atoms with Crippen LogP contribution in [0.3, 0.4) is 0 Å². The Morgan fingerprint density at radius 1 is 0.800 bits per heavy atom. The minimum absolute atomic E-state index is 0.0850. The van der Waals surface area contributed by atoms with Crippen LogP contribution in [0.25, 0.3) is 17.1 Å². The van der Waals surface area contributed by atoms with E-state index in [1.54, 1.807) is 12.4 Å². The zero-order valence-electron chi connectivity index (χ0n) is 18.9. The molecule has 0 atom stereocenters. The summed E-state index contributed by atoms with van der Waals surface area (Å²) in [7, 11) is 0. The Labute approximate surface area is 208 Å². The molecule has 0 unspecified atom stereocenters. The Morgan fingerprint density at radius 2 is 1.43 bits per heavy atom. The summed E-state index contributed by atoms with van der Waals surface area (Å²) >= 11 is 1.35. The number of thioether (sulfide) groups is 1. The molecule has 0 saturated carbocycles. The highest BCUT2D eigenvalue weighted by Crippen LogP contribution is 2.28. The lowest BCUT2D eigenvalue weighted by Crippen LogP contribution is -2.30. The summed E-state index contributed by atoms with van der Waals surface area (Å²) in [4.78, 5) is 17.3. The van der Waals surface area contributed by atoms with Gasteiger partial charge >= 0.3 is 0 Å². The van der Waals surface area contributed by atoms with Gasteiger partial charge in [-0.05, 0) is 35.4 Å². The lowest BCUT2D eigenvalue weighted by Gasteiger charge is -2.20. The molecular formula is C28H23N5OS. The van der Waals surface area contributed by atoms with Crippen LogP contribution in [-0.2, 0) is 4.79 Å². The fraction of sp³-hybridized carbons (Fsp3) is 0.0714. The third-order valence-electron chi connectivity index (χ3n) is 5.47. The molecule has 35 heavy (non-hydrogen) atoms. The maximum Gasteiger partial charge on any atom is 0.231 e. The molecule has 3 aromatic carbocycles. The van der Waals surface area contributed by atoms with Crippen LogP contribution < -0.4 is 5.32 Å². The molecule has 172 valence electrons. The van der Waals surface area contributed by atoms with E-state index < -0.39 is 0 Å². The Balaban J connectivity index is 1.38. The summed E-state index contributed by atoms with van der Waals surface area (Å²) in [6.07, 6.45) is 3.48. The van der Waals surface area contributed by atoms with E-state index in [9.17, 15) is 4.79 Å². The molecule has 1 amide bonds. The first-order chi connectivity index (χ1) is 17.3. The quantitative estimate of drug-likeness (QED) is 0.306. The molecule has 6 nitrogen and oxygen atoms in total. The summed E-state index contributed by atoms with van der Waals surface area (Å²) in [6, 6.07) is 33.4. The largest absolute Gasteiger partial charge is 0.344 e. The second-order valence-corrected chi connectivity index (χ2v) is 8.77. The van der Waals surface area contributed by atoms with E-state index in [0.717, 1.165) is 22.4 Å². The second kappa shape index (κ2) is 10.8. The monoisotopic (exact) mass is 477 g/mol. The summed E-state index contributed by atoms with van der Waals surface area (Å²) in [5.41, 5.74) is 3.84. The van der Waals surface area contributed by atoms with Crippen LogP contribution in [0, 0.1) is 0 Å². The fourth-order valence-corrected chi connectivity index (χ4v) is 4.60. The second-order valence-electron chi connectivity index (χ2n) is 7.83. The highest BCUT2D eigenvalue weighted by molar-refractivity contribution is 7.99. The van der Waals surface area contributed by atoms with E-state index in [2.05, 4.69) is 20.5 Å². The van der Waals surface area contributed by atoms with Gasteiger partial charge in [-0.15, -0.1) is 10.2 Å². The lowest BCUT2D eigenvalue weighted by molar-refractivity contribution is -0.119. The molecule has 0 aliphatic rings. The highest BCUT2D eigenvalue weighted by Gasteiger charge is 2.20. The van der Waals surface area contributed by atoms with Crippen molar-refractivity contribution in [3.05, 3.63) is 127 Å². The number of rotatable bonds is 8. The molecule has 5 rings (SSSR count). The van der Waals surface area contributed by atoms with E-state index in [1.165, 1.54) is 11.8 Å². The average molecular weight is 478 g/mol. The van der Waals surface area contributed by atoms with Crippen molar-refractivity contribution in [2.75, 3.05) is 5.75 Å². The Hall–Kier alpha value is -4.23. The predicted molar refractivity (Wildman–Crippen MR) is 138 cm³/mol. The van der Waals surface area contributed by atoms with Crippen LogP contribution >= 0.6 is 11.8 Å². The van der Waals surface area contributed by atoms with Crippen LogP contribution in [-0.4, -0.2) is 31.4 Å². The van der Waals surface area contributed by atoms with Gasteiger partial charge in [0.15, 0.2) is 11.0 Å². The van der Waals surface area contributed by atoms with Gasteiger partial charge in [-0.25, -0.2) is 0 Å².